The van der Waals surface area contributed by atoms with Crippen LogP contribution in [0.5, 0.6) is 0 Å². The molecule has 116 valence electrons. The Balaban J connectivity index is 1.67. The number of nitrogens with zero attached hydrogens (tertiary/aromatic N) is 3. The van der Waals surface area contributed by atoms with Crippen LogP contribution in [0.4, 0.5) is 0 Å². The second-order valence-corrected chi connectivity index (χ2v) is 7.36. The van der Waals surface area contributed by atoms with E-state index in [9.17, 15) is 4.79 Å². The Labute approximate surface area is 125 Å². The first kappa shape index (κ1) is 14.5. The summed E-state index contributed by atoms with van der Waals surface area (Å²) < 4.78 is 5.53. The standard InChI is InChI=1S/C15H24N4O2/c1-10-17-18-13(21-10)15(4)8-19(9-15)12(20)11-14(2,3)6-5-7-16-11/h11,16H,5-9H2,1-4H3. The molecule has 1 atom stereocenters. The van der Waals surface area contributed by atoms with Gasteiger partial charge in [-0.3, -0.25) is 4.79 Å². The molecule has 0 aromatic carbocycles. The number of nitrogens with one attached hydrogen (secondary N) is 1. The van der Waals surface area contributed by atoms with Gasteiger partial charge in [0.25, 0.3) is 0 Å². The molecule has 0 radical (unpaired) electrons. The molecule has 1 aromatic rings. The van der Waals surface area contributed by atoms with E-state index in [0.29, 0.717) is 24.9 Å². The summed E-state index contributed by atoms with van der Waals surface area (Å²) in [5, 5.41) is 11.4. The van der Waals surface area contributed by atoms with E-state index in [0.717, 1.165) is 19.4 Å². The summed E-state index contributed by atoms with van der Waals surface area (Å²) in [4.78, 5) is 14.6. The van der Waals surface area contributed by atoms with Gasteiger partial charge in [0.2, 0.25) is 17.7 Å². The summed E-state index contributed by atoms with van der Waals surface area (Å²) >= 11 is 0. The third-order valence-corrected chi connectivity index (χ3v) is 4.81. The fourth-order valence-corrected chi connectivity index (χ4v) is 3.44. The van der Waals surface area contributed by atoms with Crippen molar-refractivity contribution in [2.75, 3.05) is 19.6 Å². The van der Waals surface area contributed by atoms with Crippen molar-refractivity contribution in [2.45, 2.75) is 52.0 Å². The predicted molar refractivity (Wildman–Crippen MR) is 77.8 cm³/mol. The Kier molecular flexibility index (Phi) is 3.31. The van der Waals surface area contributed by atoms with E-state index in [-0.39, 0.29) is 22.8 Å². The van der Waals surface area contributed by atoms with Gasteiger partial charge in [-0.1, -0.05) is 13.8 Å². The molecule has 21 heavy (non-hydrogen) atoms. The van der Waals surface area contributed by atoms with Crippen LogP contribution in [0.25, 0.3) is 0 Å². The number of aromatic nitrogens is 2. The Morgan fingerprint density at radius 2 is 2.05 bits per heavy atom. The second-order valence-electron chi connectivity index (χ2n) is 7.36. The van der Waals surface area contributed by atoms with Gasteiger partial charge in [-0.25, -0.2) is 0 Å². The summed E-state index contributed by atoms with van der Waals surface area (Å²) in [7, 11) is 0. The van der Waals surface area contributed by atoms with Gasteiger partial charge in [0.1, 0.15) is 0 Å². The van der Waals surface area contributed by atoms with Crippen LogP contribution < -0.4 is 5.32 Å². The SMILES string of the molecule is Cc1nnc(C2(C)CN(C(=O)C3NCCCC3(C)C)C2)o1. The summed E-state index contributed by atoms with van der Waals surface area (Å²) in [6.45, 7) is 10.4. The zero-order chi connectivity index (χ0) is 15.3. The van der Waals surface area contributed by atoms with Crippen molar-refractivity contribution >= 4 is 5.91 Å². The summed E-state index contributed by atoms with van der Waals surface area (Å²) in [6.07, 6.45) is 2.22. The molecule has 2 fully saturated rings. The lowest BCUT2D eigenvalue weighted by Crippen LogP contribution is -2.66. The molecule has 6 nitrogen and oxygen atoms in total. The minimum atomic E-state index is -0.199. The van der Waals surface area contributed by atoms with Crippen molar-refractivity contribution < 1.29 is 9.21 Å². The van der Waals surface area contributed by atoms with E-state index in [1.807, 2.05) is 4.90 Å². The highest BCUT2D eigenvalue weighted by Crippen LogP contribution is 2.37. The van der Waals surface area contributed by atoms with Crippen molar-refractivity contribution in [3.05, 3.63) is 11.8 Å². The Bertz CT molecular complexity index is 546. The molecule has 0 saturated carbocycles. The largest absolute Gasteiger partial charge is 0.425 e. The average Bonchev–Trinajstić information content (AvgIpc) is 2.81. The van der Waals surface area contributed by atoms with Gasteiger partial charge in [0.15, 0.2) is 0 Å². The van der Waals surface area contributed by atoms with Crippen LogP contribution in [-0.2, 0) is 10.2 Å². The molecular formula is C15H24N4O2. The molecular weight excluding hydrogens is 268 g/mol. The smallest absolute Gasteiger partial charge is 0.240 e. The molecule has 3 rings (SSSR count). The van der Waals surface area contributed by atoms with Crippen molar-refractivity contribution in [1.29, 1.82) is 0 Å². The van der Waals surface area contributed by atoms with Gasteiger partial charge in [0, 0.05) is 20.0 Å². The van der Waals surface area contributed by atoms with Crippen LogP contribution in [-0.4, -0.2) is 46.7 Å². The molecule has 0 bridgehead atoms. The zero-order valence-corrected chi connectivity index (χ0v) is 13.3. The average molecular weight is 292 g/mol. The number of hydrogen-bond acceptors (Lipinski definition) is 5. The molecule has 2 saturated heterocycles. The van der Waals surface area contributed by atoms with E-state index in [2.05, 4.69) is 36.3 Å². The minimum Gasteiger partial charge on any atom is -0.425 e. The normalized spacial score (nSPS) is 27.2. The minimum absolute atomic E-state index is 0.0163. The van der Waals surface area contributed by atoms with Gasteiger partial charge in [-0.05, 0) is 31.7 Å². The topological polar surface area (TPSA) is 71.3 Å². The first-order valence-electron chi connectivity index (χ1n) is 7.65. The number of aryl methyl sites for hydroxylation is 1. The summed E-state index contributed by atoms with van der Waals surface area (Å²) in [6, 6.07) is -0.0831. The fraction of sp³-hybridized carbons (Fsp3) is 0.800. The van der Waals surface area contributed by atoms with Crippen LogP contribution in [0.1, 0.15) is 45.4 Å². The van der Waals surface area contributed by atoms with E-state index >= 15 is 0 Å². The first-order valence-corrected chi connectivity index (χ1v) is 7.65. The second kappa shape index (κ2) is 4.80. The lowest BCUT2D eigenvalue weighted by molar-refractivity contribution is -0.145. The van der Waals surface area contributed by atoms with Gasteiger partial charge < -0.3 is 14.6 Å². The number of rotatable bonds is 2. The molecule has 0 aliphatic carbocycles. The number of hydrogen-bond donors (Lipinski definition) is 1. The third kappa shape index (κ3) is 2.46. The number of carbonyl (C=O) groups excluding carboxylic acids is 1. The van der Waals surface area contributed by atoms with E-state index in [1.54, 1.807) is 6.92 Å². The van der Waals surface area contributed by atoms with Crippen molar-refractivity contribution in [3.63, 3.8) is 0 Å². The number of likely N-dealkylation sites (tertiary alicyclic amines) is 1. The molecule has 1 unspecified atom stereocenters. The Morgan fingerprint density at radius 3 is 2.62 bits per heavy atom. The molecule has 1 N–H and O–H groups in total. The summed E-state index contributed by atoms with van der Waals surface area (Å²) in [5.41, 5.74) is -0.182. The maximum Gasteiger partial charge on any atom is 0.240 e. The maximum absolute atomic E-state index is 12.7. The predicted octanol–water partition coefficient (Wildman–Crippen LogP) is 1.26. The van der Waals surface area contributed by atoms with Gasteiger partial charge in [0.05, 0.1) is 11.5 Å². The highest BCUT2D eigenvalue weighted by molar-refractivity contribution is 5.84. The quantitative estimate of drug-likeness (QED) is 0.888. The van der Waals surface area contributed by atoms with Gasteiger partial charge >= 0.3 is 0 Å². The van der Waals surface area contributed by atoms with E-state index in [1.165, 1.54) is 0 Å². The van der Waals surface area contributed by atoms with E-state index < -0.39 is 0 Å². The number of amides is 1. The van der Waals surface area contributed by atoms with Crippen molar-refractivity contribution in [1.82, 2.24) is 20.4 Å². The molecule has 3 heterocycles. The van der Waals surface area contributed by atoms with Gasteiger partial charge in [-0.15, -0.1) is 10.2 Å². The molecule has 0 spiro atoms. The molecule has 2 aliphatic heterocycles. The van der Waals surface area contributed by atoms with Crippen LogP contribution in [0.15, 0.2) is 4.42 Å². The monoisotopic (exact) mass is 292 g/mol. The van der Waals surface area contributed by atoms with Crippen molar-refractivity contribution in [2.24, 2.45) is 5.41 Å². The highest BCUT2D eigenvalue weighted by atomic mass is 16.4. The Hall–Kier alpha value is -1.43. The van der Waals surface area contributed by atoms with Crippen LogP contribution in [0, 0.1) is 12.3 Å². The fourth-order valence-electron chi connectivity index (χ4n) is 3.44. The number of piperidine rings is 1. The highest BCUT2D eigenvalue weighted by Gasteiger charge is 2.50. The van der Waals surface area contributed by atoms with Crippen molar-refractivity contribution in [3.8, 4) is 0 Å². The zero-order valence-electron chi connectivity index (χ0n) is 13.3. The third-order valence-electron chi connectivity index (χ3n) is 4.81. The van der Waals surface area contributed by atoms with Gasteiger partial charge in [-0.2, -0.15) is 0 Å². The first-order chi connectivity index (χ1) is 9.82. The van der Waals surface area contributed by atoms with E-state index in [4.69, 9.17) is 4.42 Å². The lowest BCUT2D eigenvalue weighted by atomic mass is 9.75. The summed E-state index contributed by atoms with van der Waals surface area (Å²) in [5.74, 6) is 1.42. The van der Waals surface area contributed by atoms with Crippen LogP contribution in [0.2, 0.25) is 0 Å². The molecule has 1 aromatic heterocycles. The molecule has 1 amide bonds. The lowest BCUT2D eigenvalue weighted by Gasteiger charge is -2.49. The number of carbonyl (C=O) groups is 1. The Morgan fingerprint density at radius 1 is 1.33 bits per heavy atom. The maximum atomic E-state index is 12.7. The van der Waals surface area contributed by atoms with Crippen LogP contribution in [0.3, 0.4) is 0 Å². The molecule has 2 aliphatic rings. The molecule has 6 heteroatoms. The van der Waals surface area contributed by atoms with Crippen LogP contribution >= 0.6 is 0 Å².